The third kappa shape index (κ3) is 1.68. The zero-order valence-electron chi connectivity index (χ0n) is 8.30. The van der Waals surface area contributed by atoms with Crippen molar-refractivity contribution >= 4 is 12.2 Å². The van der Waals surface area contributed by atoms with E-state index in [1.54, 1.807) is 4.57 Å². The Labute approximate surface area is 87.3 Å². The fraction of sp³-hybridized carbons (Fsp3) is 0.778. The number of aromatic nitrogens is 3. The van der Waals surface area contributed by atoms with E-state index in [0.29, 0.717) is 4.77 Å². The largest absolute Gasteiger partial charge is 0.342 e. The van der Waals surface area contributed by atoms with Gasteiger partial charge in [-0.1, -0.05) is 19.8 Å². The summed E-state index contributed by atoms with van der Waals surface area (Å²) in [4.78, 5) is 11.4. The van der Waals surface area contributed by atoms with Crippen molar-refractivity contribution in [2.45, 2.75) is 39.2 Å². The van der Waals surface area contributed by atoms with E-state index in [0.717, 1.165) is 6.54 Å². The Kier molecular flexibility index (Phi) is 2.34. The molecule has 1 heterocycles. The summed E-state index contributed by atoms with van der Waals surface area (Å²) in [6.45, 7) is 2.97. The molecule has 0 aliphatic heterocycles. The summed E-state index contributed by atoms with van der Waals surface area (Å²) in [7, 11) is 0. The monoisotopic (exact) mass is 213 g/mol. The van der Waals surface area contributed by atoms with Crippen LogP contribution < -0.4 is 5.69 Å². The number of hydrogen-bond acceptors (Lipinski definition) is 2. The van der Waals surface area contributed by atoms with E-state index >= 15 is 0 Å². The molecule has 1 aromatic rings. The highest BCUT2D eigenvalue weighted by atomic mass is 32.1. The molecule has 1 saturated carbocycles. The van der Waals surface area contributed by atoms with Crippen molar-refractivity contribution in [3.63, 3.8) is 0 Å². The van der Waals surface area contributed by atoms with Crippen LogP contribution in [0.4, 0.5) is 0 Å². The molecule has 1 fully saturated rings. The maximum atomic E-state index is 11.4. The van der Waals surface area contributed by atoms with Gasteiger partial charge in [-0.2, -0.15) is 0 Å². The molecule has 0 aromatic carbocycles. The van der Waals surface area contributed by atoms with Crippen molar-refractivity contribution in [1.82, 2.24) is 14.8 Å². The van der Waals surface area contributed by atoms with Gasteiger partial charge in [0.05, 0.1) is 0 Å². The molecule has 78 valence electrons. The number of hydrogen-bond donors (Lipinski definition) is 2. The van der Waals surface area contributed by atoms with Crippen molar-refractivity contribution in [1.29, 1.82) is 0 Å². The minimum Gasteiger partial charge on any atom is -0.272 e. The summed E-state index contributed by atoms with van der Waals surface area (Å²) in [5, 5.41) is 5.17. The average Bonchev–Trinajstić information content (AvgIpc) is 2.68. The molecule has 1 aromatic heterocycles. The fourth-order valence-corrected chi connectivity index (χ4v) is 2.44. The van der Waals surface area contributed by atoms with Gasteiger partial charge < -0.3 is 0 Å². The summed E-state index contributed by atoms with van der Waals surface area (Å²) in [6, 6.07) is 0. The van der Waals surface area contributed by atoms with Gasteiger partial charge in [-0.15, -0.1) is 0 Å². The standard InChI is InChI=1S/C9H15N3OS/c1-9(4-2-3-5-9)6-12-7(13)10-11-8(12)14/h2-6H2,1H3,(H,10,13)(H,11,14). The molecule has 1 aliphatic rings. The highest BCUT2D eigenvalue weighted by Gasteiger charge is 2.29. The lowest BCUT2D eigenvalue weighted by Crippen LogP contribution is -2.27. The Balaban J connectivity index is 2.26. The van der Waals surface area contributed by atoms with E-state index in [1.807, 2.05) is 0 Å². The number of aromatic amines is 2. The molecule has 0 spiro atoms. The van der Waals surface area contributed by atoms with Gasteiger partial charge in [0.1, 0.15) is 0 Å². The Morgan fingerprint density at radius 1 is 1.43 bits per heavy atom. The first-order chi connectivity index (χ1) is 6.61. The molecule has 1 aliphatic carbocycles. The Bertz CT molecular complexity index is 394. The van der Waals surface area contributed by atoms with Crippen LogP contribution in [0.25, 0.3) is 0 Å². The van der Waals surface area contributed by atoms with Crippen LogP contribution in [0.5, 0.6) is 0 Å². The van der Waals surface area contributed by atoms with Crippen LogP contribution in [0.15, 0.2) is 4.79 Å². The molecule has 5 heteroatoms. The number of nitrogens with zero attached hydrogens (tertiary/aromatic N) is 1. The second-order valence-electron chi connectivity index (χ2n) is 4.46. The highest BCUT2D eigenvalue weighted by Crippen LogP contribution is 2.38. The molecule has 0 amide bonds. The van der Waals surface area contributed by atoms with Gasteiger partial charge in [-0.25, -0.2) is 9.89 Å². The summed E-state index contributed by atoms with van der Waals surface area (Å²) in [5.41, 5.74) is 0.135. The van der Waals surface area contributed by atoms with Crippen LogP contribution >= 0.6 is 12.2 Å². The van der Waals surface area contributed by atoms with Crippen LogP contribution in [-0.2, 0) is 6.54 Å². The molecule has 2 N–H and O–H groups in total. The zero-order valence-corrected chi connectivity index (χ0v) is 9.12. The zero-order chi connectivity index (χ0) is 10.2. The van der Waals surface area contributed by atoms with Crippen LogP contribution in [0, 0.1) is 10.2 Å². The predicted octanol–water partition coefficient (Wildman–Crippen LogP) is 1.81. The van der Waals surface area contributed by atoms with Crippen LogP contribution in [0.1, 0.15) is 32.6 Å². The molecular formula is C9H15N3OS. The number of H-pyrrole nitrogens is 2. The number of rotatable bonds is 2. The molecule has 0 unspecified atom stereocenters. The van der Waals surface area contributed by atoms with Crippen molar-refractivity contribution in [3.8, 4) is 0 Å². The lowest BCUT2D eigenvalue weighted by atomic mass is 9.89. The Hall–Kier alpha value is -0.840. The average molecular weight is 213 g/mol. The topological polar surface area (TPSA) is 53.6 Å². The lowest BCUT2D eigenvalue weighted by molar-refractivity contribution is 0.276. The SMILES string of the molecule is CC1(Cn2c(=O)[nH][nH]c2=S)CCCC1. The van der Waals surface area contributed by atoms with Crippen LogP contribution in [0.3, 0.4) is 0 Å². The normalized spacial score (nSPS) is 20.1. The van der Waals surface area contributed by atoms with Gasteiger partial charge in [0.25, 0.3) is 0 Å². The molecule has 0 saturated heterocycles. The summed E-state index contributed by atoms with van der Waals surface area (Å²) < 4.78 is 2.13. The second kappa shape index (κ2) is 3.38. The summed E-state index contributed by atoms with van der Waals surface area (Å²) in [5.74, 6) is 0. The summed E-state index contributed by atoms with van der Waals surface area (Å²) >= 11 is 5.03. The van der Waals surface area contributed by atoms with E-state index in [4.69, 9.17) is 12.2 Å². The van der Waals surface area contributed by atoms with Crippen molar-refractivity contribution < 1.29 is 0 Å². The van der Waals surface area contributed by atoms with E-state index in [2.05, 4.69) is 17.1 Å². The first kappa shape index (κ1) is 9.71. The first-order valence-corrected chi connectivity index (χ1v) is 5.39. The predicted molar refractivity (Wildman–Crippen MR) is 56.8 cm³/mol. The van der Waals surface area contributed by atoms with Gasteiger partial charge in [-0.3, -0.25) is 9.67 Å². The van der Waals surface area contributed by atoms with E-state index in [1.165, 1.54) is 25.7 Å². The summed E-state index contributed by atoms with van der Waals surface area (Å²) in [6.07, 6.45) is 4.93. The van der Waals surface area contributed by atoms with E-state index in [9.17, 15) is 4.79 Å². The molecule has 2 rings (SSSR count). The van der Waals surface area contributed by atoms with Gasteiger partial charge in [-0.05, 0) is 30.5 Å². The molecule has 4 nitrogen and oxygen atoms in total. The minimum absolute atomic E-state index is 0.122. The Morgan fingerprint density at radius 3 is 2.57 bits per heavy atom. The maximum Gasteiger partial charge on any atom is 0.342 e. The van der Waals surface area contributed by atoms with Crippen LogP contribution in [-0.4, -0.2) is 14.8 Å². The molecular weight excluding hydrogens is 198 g/mol. The van der Waals surface area contributed by atoms with Crippen molar-refractivity contribution in [2.24, 2.45) is 5.41 Å². The maximum absolute atomic E-state index is 11.4. The smallest absolute Gasteiger partial charge is 0.272 e. The fourth-order valence-electron chi connectivity index (χ4n) is 2.25. The molecule has 0 radical (unpaired) electrons. The van der Waals surface area contributed by atoms with Gasteiger partial charge in [0.2, 0.25) is 0 Å². The van der Waals surface area contributed by atoms with Crippen LogP contribution in [0.2, 0.25) is 0 Å². The van der Waals surface area contributed by atoms with Gasteiger partial charge >= 0.3 is 5.69 Å². The number of nitrogens with one attached hydrogen (secondary N) is 2. The van der Waals surface area contributed by atoms with Gasteiger partial charge in [0.15, 0.2) is 4.77 Å². The molecule has 0 bridgehead atoms. The highest BCUT2D eigenvalue weighted by molar-refractivity contribution is 7.71. The lowest BCUT2D eigenvalue weighted by Gasteiger charge is -2.22. The van der Waals surface area contributed by atoms with E-state index < -0.39 is 0 Å². The second-order valence-corrected chi connectivity index (χ2v) is 4.85. The van der Waals surface area contributed by atoms with Gasteiger partial charge in [0, 0.05) is 6.54 Å². The van der Waals surface area contributed by atoms with Crippen molar-refractivity contribution in [2.75, 3.05) is 0 Å². The van der Waals surface area contributed by atoms with E-state index in [-0.39, 0.29) is 11.1 Å². The Morgan fingerprint density at radius 2 is 2.07 bits per heavy atom. The quantitative estimate of drug-likeness (QED) is 0.736. The third-order valence-electron chi connectivity index (χ3n) is 3.12. The third-order valence-corrected chi connectivity index (χ3v) is 3.44. The molecule has 0 atom stereocenters. The molecule has 14 heavy (non-hydrogen) atoms. The minimum atomic E-state index is -0.122. The van der Waals surface area contributed by atoms with Crippen molar-refractivity contribution in [3.05, 3.63) is 15.3 Å². The first-order valence-electron chi connectivity index (χ1n) is 4.98.